The number of hydrogen-bond acceptors (Lipinski definition) is 5. The number of aryl methyl sites for hydroxylation is 2. The highest BCUT2D eigenvalue weighted by molar-refractivity contribution is 5.77. The molecule has 1 heterocycles. The quantitative estimate of drug-likeness (QED) is 0.732. The van der Waals surface area contributed by atoms with Gasteiger partial charge in [0.15, 0.2) is 12.4 Å². The van der Waals surface area contributed by atoms with Gasteiger partial charge >= 0.3 is 0 Å². The molecule has 8 heteroatoms. The van der Waals surface area contributed by atoms with E-state index in [0.29, 0.717) is 11.6 Å². The number of rotatable bonds is 6. The number of amides is 1. The van der Waals surface area contributed by atoms with E-state index >= 15 is 0 Å². The number of carbonyl (C=O) groups excluding carboxylic acids is 1. The van der Waals surface area contributed by atoms with Crippen LogP contribution >= 0.6 is 0 Å². The summed E-state index contributed by atoms with van der Waals surface area (Å²) in [6.45, 7) is 4.01. The number of benzene rings is 2. The van der Waals surface area contributed by atoms with Gasteiger partial charge in [-0.05, 0) is 71.8 Å². The van der Waals surface area contributed by atoms with Crippen molar-refractivity contribution in [1.29, 1.82) is 0 Å². The van der Waals surface area contributed by atoms with Crippen LogP contribution in [-0.2, 0) is 11.3 Å². The van der Waals surface area contributed by atoms with Gasteiger partial charge in [-0.15, -0.1) is 5.10 Å². The highest BCUT2D eigenvalue weighted by atomic mass is 19.1. The second-order valence-corrected chi connectivity index (χ2v) is 5.79. The van der Waals surface area contributed by atoms with E-state index in [1.807, 2.05) is 32.0 Å². The Morgan fingerprint density at radius 2 is 1.92 bits per heavy atom. The minimum Gasteiger partial charge on any atom is -0.484 e. The van der Waals surface area contributed by atoms with Gasteiger partial charge in [0, 0.05) is 0 Å². The Morgan fingerprint density at radius 1 is 1.15 bits per heavy atom. The van der Waals surface area contributed by atoms with Crippen LogP contribution in [0, 0.1) is 19.7 Å². The average Bonchev–Trinajstić information content (AvgIpc) is 3.10. The Kier molecular flexibility index (Phi) is 5.21. The predicted octanol–water partition coefficient (Wildman–Crippen LogP) is 2.11. The molecular weight excluding hydrogens is 337 g/mol. The molecule has 0 radical (unpaired) electrons. The molecule has 0 aliphatic carbocycles. The fourth-order valence-corrected chi connectivity index (χ4v) is 2.28. The van der Waals surface area contributed by atoms with E-state index in [1.165, 1.54) is 29.8 Å². The van der Waals surface area contributed by atoms with Crippen molar-refractivity contribution in [3.8, 4) is 11.4 Å². The second-order valence-electron chi connectivity index (χ2n) is 5.79. The summed E-state index contributed by atoms with van der Waals surface area (Å²) >= 11 is 0. The summed E-state index contributed by atoms with van der Waals surface area (Å²) in [5.74, 6) is 0.230. The zero-order valence-corrected chi connectivity index (χ0v) is 14.4. The summed E-state index contributed by atoms with van der Waals surface area (Å²) in [5, 5.41) is 14.3. The second kappa shape index (κ2) is 7.73. The van der Waals surface area contributed by atoms with E-state index in [0.717, 1.165) is 11.3 Å². The molecule has 0 aliphatic rings. The molecule has 1 aromatic heterocycles. The number of nitrogens with zero attached hydrogens (tertiary/aromatic N) is 4. The van der Waals surface area contributed by atoms with Gasteiger partial charge in [0.25, 0.3) is 5.91 Å². The highest BCUT2D eigenvalue weighted by Crippen LogP contribution is 2.14. The fourth-order valence-electron chi connectivity index (χ4n) is 2.28. The monoisotopic (exact) mass is 355 g/mol. The summed E-state index contributed by atoms with van der Waals surface area (Å²) < 4.78 is 19.7. The van der Waals surface area contributed by atoms with E-state index in [2.05, 4.69) is 20.8 Å². The molecule has 3 aromatic rings. The van der Waals surface area contributed by atoms with E-state index in [1.54, 1.807) is 4.68 Å². The number of nitrogens with one attached hydrogen (secondary N) is 1. The molecule has 7 nitrogen and oxygen atoms in total. The Morgan fingerprint density at radius 3 is 2.65 bits per heavy atom. The van der Waals surface area contributed by atoms with Gasteiger partial charge in [-0.1, -0.05) is 6.07 Å². The standard InChI is InChI=1S/C18H18FN5O2/c1-12-3-6-15(9-13(12)2)24-17(21-22-23-24)10-20-18(25)11-26-16-7-4-14(19)5-8-16/h3-9H,10-11H2,1-2H3,(H,20,25). The maximum atomic E-state index is 12.8. The Labute approximate surface area is 149 Å². The molecule has 26 heavy (non-hydrogen) atoms. The smallest absolute Gasteiger partial charge is 0.258 e. The Balaban J connectivity index is 1.58. The van der Waals surface area contributed by atoms with Crippen LogP contribution < -0.4 is 10.1 Å². The zero-order chi connectivity index (χ0) is 18.5. The van der Waals surface area contributed by atoms with Crippen LogP contribution in [-0.4, -0.2) is 32.7 Å². The number of ether oxygens (including phenoxy) is 1. The van der Waals surface area contributed by atoms with E-state index in [-0.39, 0.29) is 24.9 Å². The molecule has 0 unspecified atom stereocenters. The number of hydrogen-bond donors (Lipinski definition) is 1. The van der Waals surface area contributed by atoms with Crippen LogP contribution in [0.2, 0.25) is 0 Å². The third kappa shape index (κ3) is 4.21. The summed E-state index contributed by atoms with van der Waals surface area (Å²) in [4.78, 5) is 11.9. The van der Waals surface area contributed by atoms with E-state index in [4.69, 9.17) is 4.74 Å². The SMILES string of the molecule is Cc1ccc(-n2nnnc2CNC(=O)COc2ccc(F)cc2)cc1C. The lowest BCUT2D eigenvalue weighted by atomic mass is 10.1. The maximum absolute atomic E-state index is 12.8. The largest absolute Gasteiger partial charge is 0.484 e. The summed E-state index contributed by atoms with van der Waals surface area (Å²) in [7, 11) is 0. The van der Waals surface area contributed by atoms with Crippen molar-refractivity contribution >= 4 is 5.91 Å². The van der Waals surface area contributed by atoms with Crippen LogP contribution in [0.1, 0.15) is 17.0 Å². The molecule has 1 N–H and O–H groups in total. The lowest BCUT2D eigenvalue weighted by Gasteiger charge is -2.09. The van der Waals surface area contributed by atoms with Crippen molar-refractivity contribution in [1.82, 2.24) is 25.5 Å². The molecule has 2 aromatic carbocycles. The van der Waals surface area contributed by atoms with E-state index in [9.17, 15) is 9.18 Å². The highest BCUT2D eigenvalue weighted by Gasteiger charge is 2.11. The van der Waals surface area contributed by atoms with Crippen LogP contribution in [0.3, 0.4) is 0 Å². The molecule has 0 spiro atoms. The molecule has 0 fully saturated rings. The molecule has 3 rings (SSSR count). The molecule has 1 amide bonds. The third-order valence-corrected chi connectivity index (χ3v) is 3.90. The first-order valence-electron chi connectivity index (χ1n) is 8.03. The molecule has 0 saturated carbocycles. The Bertz CT molecular complexity index is 908. The van der Waals surface area contributed by atoms with Crippen LogP contribution in [0.15, 0.2) is 42.5 Å². The first kappa shape index (κ1) is 17.5. The number of tetrazole rings is 1. The van der Waals surface area contributed by atoms with Gasteiger partial charge in [-0.25, -0.2) is 4.39 Å². The van der Waals surface area contributed by atoms with Crippen molar-refractivity contribution in [2.75, 3.05) is 6.61 Å². The lowest BCUT2D eigenvalue weighted by molar-refractivity contribution is -0.123. The number of aromatic nitrogens is 4. The van der Waals surface area contributed by atoms with Crippen molar-refractivity contribution in [2.45, 2.75) is 20.4 Å². The molecule has 0 saturated heterocycles. The topological polar surface area (TPSA) is 81.9 Å². The Hall–Kier alpha value is -3.29. The minimum atomic E-state index is -0.361. The normalized spacial score (nSPS) is 10.6. The van der Waals surface area contributed by atoms with Gasteiger partial charge in [0.1, 0.15) is 11.6 Å². The van der Waals surface area contributed by atoms with Gasteiger partial charge in [-0.3, -0.25) is 4.79 Å². The van der Waals surface area contributed by atoms with Crippen LogP contribution in [0.5, 0.6) is 5.75 Å². The first-order chi connectivity index (χ1) is 12.5. The molecule has 0 aliphatic heterocycles. The molecule has 0 bridgehead atoms. The van der Waals surface area contributed by atoms with E-state index < -0.39 is 0 Å². The first-order valence-corrected chi connectivity index (χ1v) is 8.03. The van der Waals surface area contributed by atoms with Gasteiger partial charge in [0.05, 0.1) is 12.2 Å². The summed E-state index contributed by atoms with van der Waals surface area (Å²) in [6, 6.07) is 11.4. The number of halogens is 1. The molecule has 0 atom stereocenters. The van der Waals surface area contributed by atoms with Crippen molar-refractivity contribution < 1.29 is 13.9 Å². The van der Waals surface area contributed by atoms with Crippen molar-refractivity contribution in [3.05, 3.63) is 65.2 Å². The van der Waals surface area contributed by atoms with Crippen LogP contribution in [0.25, 0.3) is 5.69 Å². The van der Waals surface area contributed by atoms with Gasteiger partial charge < -0.3 is 10.1 Å². The zero-order valence-electron chi connectivity index (χ0n) is 14.4. The van der Waals surface area contributed by atoms with Crippen LogP contribution in [0.4, 0.5) is 4.39 Å². The van der Waals surface area contributed by atoms with Gasteiger partial charge in [0.2, 0.25) is 0 Å². The average molecular weight is 355 g/mol. The number of carbonyl (C=O) groups is 1. The fraction of sp³-hybridized carbons (Fsp3) is 0.222. The van der Waals surface area contributed by atoms with Crippen molar-refractivity contribution in [3.63, 3.8) is 0 Å². The predicted molar refractivity (Wildman–Crippen MR) is 92.4 cm³/mol. The van der Waals surface area contributed by atoms with Gasteiger partial charge in [-0.2, -0.15) is 4.68 Å². The minimum absolute atomic E-state index is 0.158. The lowest BCUT2D eigenvalue weighted by Crippen LogP contribution is -2.29. The summed E-state index contributed by atoms with van der Waals surface area (Å²) in [6.07, 6.45) is 0. The molecular formula is C18H18FN5O2. The summed E-state index contributed by atoms with van der Waals surface area (Å²) in [5.41, 5.74) is 3.13. The molecule has 134 valence electrons. The van der Waals surface area contributed by atoms with Crippen molar-refractivity contribution in [2.24, 2.45) is 0 Å². The maximum Gasteiger partial charge on any atom is 0.258 e. The third-order valence-electron chi connectivity index (χ3n) is 3.90.